The lowest BCUT2D eigenvalue weighted by Crippen LogP contribution is -2.05. The zero-order valence-corrected chi connectivity index (χ0v) is 36.1. The third kappa shape index (κ3) is 4.49. The summed E-state index contributed by atoms with van der Waals surface area (Å²) >= 11 is 0. The molecule has 0 aliphatic rings. The molecule has 9 aromatic rings. The SMILES string of the molecule is Cc1c(C)c(C)c2c(oc3c(C)c(C)c(-c4c5c(C)c(C)c(C)c(C)c5c(-c5cc6ccccc6c6ccccc56)c5c(C)c(C)c(C)c(C)c45)c(C)c32)c1C. The van der Waals surface area contributed by atoms with E-state index in [2.05, 4.69) is 158 Å². The Morgan fingerprint density at radius 3 is 1.18 bits per heavy atom. The van der Waals surface area contributed by atoms with Crippen molar-refractivity contribution in [2.75, 3.05) is 0 Å². The maximum Gasteiger partial charge on any atom is 0.138 e. The lowest BCUT2D eigenvalue weighted by Gasteiger charge is -2.29. The van der Waals surface area contributed by atoms with Crippen LogP contribution in [0.25, 0.3) is 87.3 Å². The highest BCUT2D eigenvalue weighted by Crippen LogP contribution is 2.54. The van der Waals surface area contributed by atoms with E-state index in [1.54, 1.807) is 0 Å². The number of aryl methyl sites for hydroxylation is 8. The van der Waals surface area contributed by atoms with Crippen molar-refractivity contribution in [3.63, 3.8) is 0 Å². The van der Waals surface area contributed by atoms with E-state index in [4.69, 9.17) is 4.42 Å². The van der Waals surface area contributed by atoms with E-state index in [0.717, 1.165) is 11.2 Å². The van der Waals surface area contributed by atoms with E-state index >= 15 is 0 Å². The third-order valence-corrected chi connectivity index (χ3v) is 15.0. The molecule has 0 fully saturated rings. The standard InChI is InChI=1S/C55H54O/c1-25-27(3)33(9)48-46(31(25)7)52(44-24-40-20-16-17-21-41(40)42-22-18-19-23-43(42)44)47-32(8)26(2)28(4)34(10)49(47)53(48)45-36(12)38(14)55-51(39(45)15)50-35(11)29(5)30(6)37(13)54(50)56-55/h16-24H,1-15H3. The largest absolute Gasteiger partial charge is 0.455 e. The molecule has 0 spiro atoms. The Hall–Kier alpha value is -5.40. The summed E-state index contributed by atoms with van der Waals surface area (Å²) in [6.45, 7) is 34.9. The van der Waals surface area contributed by atoms with Crippen LogP contribution >= 0.6 is 0 Å². The van der Waals surface area contributed by atoms with Gasteiger partial charge in [0.15, 0.2) is 0 Å². The molecule has 0 unspecified atom stereocenters. The summed E-state index contributed by atoms with van der Waals surface area (Å²) < 4.78 is 6.97. The Morgan fingerprint density at radius 1 is 0.286 bits per heavy atom. The highest BCUT2D eigenvalue weighted by atomic mass is 16.3. The van der Waals surface area contributed by atoms with Crippen LogP contribution in [0.15, 0.2) is 59.0 Å². The fourth-order valence-corrected chi connectivity index (χ4v) is 10.6. The second-order valence-electron chi connectivity index (χ2n) is 17.2. The second kappa shape index (κ2) is 12.3. The van der Waals surface area contributed by atoms with Crippen LogP contribution in [0.4, 0.5) is 0 Å². The van der Waals surface area contributed by atoms with E-state index < -0.39 is 0 Å². The normalized spacial score (nSPS) is 12.2. The van der Waals surface area contributed by atoms with Crippen molar-refractivity contribution in [2.45, 2.75) is 104 Å². The van der Waals surface area contributed by atoms with E-state index in [0.29, 0.717) is 0 Å². The molecule has 0 N–H and O–H groups in total. The summed E-state index contributed by atoms with van der Waals surface area (Å²) in [5, 5.41) is 13.3. The van der Waals surface area contributed by atoms with Gasteiger partial charge in [-0.2, -0.15) is 0 Å². The zero-order valence-electron chi connectivity index (χ0n) is 36.1. The number of rotatable bonds is 2. The summed E-state index contributed by atoms with van der Waals surface area (Å²) in [5.74, 6) is 0. The molecule has 0 atom stereocenters. The average molecular weight is 731 g/mol. The minimum Gasteiger partial charge on any atom is -0.455 e. The number of fused-ring (bicyclic) bond motifs is 8. The molecule has 0 aliphatic carbocycles. The molecular formula is C55H54O. The molecule has 1 nitrogen and oxygen atoms in total. The molecule has 0 bridgehead atoms. The quantitative estimate of drug-likeness (QED) is 0.127. The Morgan fingerprint density at radius 2 is 0.661 bits per heavy atom. The van der Waals surface area contributed by atoms with Crippen LogP contribution in [0.5, 0.6) is 0 Å². The highest BCUT2D eigenvalue weighted by molar-refractivity contribution is 6.29. The lowest BCUT2D eigenvalue weighted by atomic mass is 9.74. The molecule has 56 heavy (non-hydrogen) atoms. The van der Waals surface area contributed by atoms with Crippen molar-refractivity contribution in [3.05, 3.63) is 138 Å². The van der Waals surface area contributed by atoms with Crippen molar-refractivity contribution < 1.29 is 4.42 Å². The predicted molar refractivity (Wildman–Crippen MR) is 246 cm³/mol. The second-order valence-corrected chi connectivity index (χ2v) is 17.2. The van der Waals surface area contributed by atoms with Crippen LogP contribution in [0.2, 0.25) is 0 Å². The van der Waals surface area contributed by atoms with Crippen molar-refractivity contribution in [1.82, 2.24) is 0 Å². The zero-order chi connectivity index (χ0) is 40.0. The maximum atomic E-state index is 6.97. The van der Waals surface area contributed by atoms with Gasteiger partial charge >= 0.3 is 0 Å². The van der Waals surface area contributed by atoms with Crippen LogP contribution < -0.4 is 0 Å². The first-order valence-corrected chi connectivity index (χ1v) is 20.4. The molecule has 0 radical (unpaired) electrons. The summed E-state index contributed by atoms with van der Waals surface area (Å²) in [5.41, 5.74) is 27.6. The van der Waals surface area contributed by atoms with Crippen molar-refractivity contribution >= 4 is 65.0 Å². The number of furan rings is 1. The van der Waals surface area contributed by atoms with Crippen LogP contribution in [0.3, 0.4) is 0 Å². The predicted octanol–water partition coefficient (Wildman–Crippen LogP) is 16.2. The van der Waals surface area contributed by atoms with Gasteiger partial charge in [-0.3, -0.25) is 0 Å². The van der Waals surface area contributed by atoms with E-state index in [9.17, 15) is 0 Å². The van der Waals surface area contributed by atoms with Gasteiger partial charge in [-0.15, -0.1) is 0 Å². The van der Waals surface area contributed by atoms with Crippen LogP contribution in [-0.2, 0) is 0 Å². The van der Waals surface area contributed by atoms with Gasteiger partial charge in [0.2, 0.25) is 0 Å². The number of hydrogen-bond donors (Lipinski definition) is 0. The fraction of sp³-hybridized carbons (Fsp3) is 0.273. The molecule has 9 rings (SSSR count). The van der Waals surface area contributed by atoms with Gasteiger partial charge in [-0.25, -0.2) is 0 Å². The lowest BCUT2D eigenvalue weighted by molar-refractivity contribution is 0.661. The van der Waals surface area contributed by atoms with Crippen molar-refractivity contribution in [2.24, 2.45) is 0 Å². The van der Waals surface area contributed by atoms with Gasteiger partial charge in [0.05, 0.1) is 0 Å². The first-order chi connectivity index (χ1) is 26.6. The molecule has 0 aliphatic heterocycles. The molecule has 0 amide bonds. The monoisotopic (exact) mass is 730 g/mol. The summed E-state index contributed by atoms with van der Waals surface area (Å²) in [6, 6.07) is 20.5. The smallest absolute Gasteiger partial charge is 0.138 e. The number of benzene rings is 8. The Kier molecular flexibility index (Phi) is 7.96. The van der Waals surface area contributed by atoms with Crippen molar-refractivity contribution in [3.8, 4) is 22.3 Å². The van der Waals surface area contributed by atoms with Gasteiger partial charge in [0.1, 0.15) is 11.2 Å². The maximum absolute atomic E-state index is 6.97. The topological polar surface area (TPSA) is 13.1 Å². The Balaban J connectivity index is 1.63. The average Bonchev–Trinajstić information content (AvgIpc) is 3.62. The fourth-order valence-electron chi connectivity index (χ4n) is 10.6. The minimum absolute atomic E-state index is 1.03. The van der Waals surface area contributed by atoms with Crippen LogP contribution in [-0.4, -0.2) is 0 Å². The first kappa shape index (κ1) is 36.3. The van der Waals surface area contributed by atoms with Gasteiger partial charge < -0.3 is 4.42 Å². The molecule has 1 heterocycles. The Labute approximate surface area is 332 Å². The molecule has 0 saturated carbocycles. The van der Waals surface area contributed by atoms with E-state index in [1.807, 2.05) is 0 Å². The Bertz CT molecular complexity index is 3190. The highest BCUT2D eigenvalue weighted by Gasteiger charge is 2.30. The first-order valence-electron chi connectivity index (χ1n) is 20.4. The third-order valence-electron chi connectivity index (χ3n) is 15.0. The molecule has 8 aromatic carbocycles. The van der Waals surface area contributed by atoms with Crippen molar-refractivity contribution in [1.29, 1.82) is 0 Å². The van der Waals surface area contributed by atoms with Gasteiger partial charge in [-0.05, 0) is 259 Å². The van der Waals surface area contributed by atoms with Gasteiger partial charge in [0.25, 0.3) is 0 Å². The molecule has 280 valence electrons. The molecular weight excluding hydrogens is 677 g/mol. The number of hydrogen-bond acceptors (Lipinski definition) is 1. The summed E-state index contributed by atoms with van der Waals surface area (Å²) in [4.78, 5) is 0. The summed E-state index contributed by atoms with van der Waals surface area (Å²) in [7, 11) is 0. The summed E-state index contributed by atoms with van der Waals surface area (Å²) in [6.07, 6.45) is 0. The van der Waals surface area contributed by atoms with Gasteiger partial charge in [-0.1, -0.05) is 48.5 Å². The molecule has 0 saturated heterocycles. The van der Waals surface area contributed by atoms with E-state index in [-0.39, 0.29) is 0 Å². The van der Waals surface area contributed by atoms with Gasteiger partial charge in [0, 0.05) is 10.8 Å². The van der Waals surface area contributed by atoms with Crippen LogP contribution in [0, 0.1) is 104 Å². The van der Waals surface area contributed by atoms with Crippen LogP contribution in [0.1, 0.15) is 83.5 Å². The molecule has 1 heteroatoms. The molecule has 1 aromatic heterocycles. The minimum atomic E-state index is 1.03. The van der Waals surface area contributed by atoms with E-state index in [1.165, 1.54) is 160 Å².